The molecule has 1 atom stereocenters. The molecule has 0 spiro atoms. The highest BCUT2D eigenvalue weighted by Gasteiger charge is 2.06. The molecule has 0 aliphatic carbocycles. The normalized spacial score (nSPS) is 11.6. The molecule has 0 saturated heterocycles. The second-order valence-electron chi connectivity index (χ2n) is 4.27. The Labute approximate surface area is 118 Å². The Kier molecular flexibility index (Phi) is 5.27. The zero-order chi connectivity index (χ0) is 13.1. The molecule has 0 aliphatic rings. The molecule has 1 heterocycles. The van der Waals surface area contributed by atoms with Crippen LogP contribution >= 0.6 is 12.4 Å². The molecule has 3 nitrogen and oxygen atoms in total. The molecular formula is C14H17ClFN3. The van der Waals surface area contributed by atoms with Gasteiger partial charge in [0.25, 0.3) is 0 Å². The topological polar surface area (TPSA) is 42.1 Å². The lowest BCUT2D eigenvalue weighted by molar-refractivity contribution is 0.628. The first-order valence-electron chi connectivity index (χ1n) is 5.79. The SMILES string of the molecule is C[C@H](N)c1ccc(N(C)c2ccc(F)cc2)nc1.Cl. The van der Waals surface area contributed by atoms with E-state index in [9.17, 15) is 4.39 Å². The molecule has 0 amide bonds. The van der Waals surface area contributed by atoms with Gasteiger partial charge in [-0.15, -0.1) is 12.4 Å². The summed E-state index contributed by atoms with van der Waals surface area (Å²) >= 11 is 0. The van der Waals surface area contributed by atoms with E-state index in [-0.39, 0.29) is 24.3 Å². The smallest absolute Gasteiger partial charge is 0.132 e. The van der Waals surface area contributed by atoms with Crippen LogP contribution in [0, 0.1) is 5.82 Å². The van der Waals surface area contributed by atoms with E-state index in [1.165, 1.54) is 12.1 Å². The van der Waals surface area contributed by atoms with Gasteiger partial charge in [0.1, 0.15) is 11.6 Å². The molecule has 2 N–H and O–H groups in total. The first-order valence-corrected chi connectivity index (χ1v) is 5.79. The zero-order valence-corrected chi connectivity index (χ0v) is 11.7. The van der Waals surface area contributed by atoms with E-state index in [1.54, 1.807) is 18.3 Å². The standard InChI is InChI=1S/C14H16FN3.ClH/c1-10(16)11-3-8-14(17-9-11)18(2)13-6-4-12(15)5-7-13;/h3-10H,16H2,1-2H3;1H/t10-;/m0./s1. The number of aromatic nitrogens is 1. The molecule has 2 rings (SSSR count). The van der Waals surface area contributed by atoms with Gasteiger partial charge in [0.05, 0.1) is 0 Å². The number of halogens is 2. The Hall–Kier alpha value is -1.65. The molecule has 1 aromatic carbocycles. The van der Waals surface area contributed by atoms with Crippen LogP contribution in [0.15, 0.2) is 42.6 Å². The van der Waals surface area contributed by atoms with Gasteiger partial charge in [-0.05, 0) is 42.8 Å². The number of anilines is 2. The van der Waals surface area contributed by atoms with E-state index < -0.39 is 0 Å². The molecule has 0 saturated carbocycles. The van der Waals surface area contributed by atoms with Gasteiger partial charge in [0.15, 0.2) is 0 Å². The summed E-state index contributed by atoms with van der Waals surface area (Å²) in [6.07, 6.45) is 1.76. The number of benzene rings is 1. The first kappa shape index (κ1) is 15.4. The second-order valence-corrected chi connectivity index (χ2v) is 4.27. The van der Waals surface area contributed by atoms with Crippen LogP contribution in [0.5, 0.6) is 0 Å². The molecule has 0 radical (unpaired) electrons. The van der Waals surface area contributed by atoms with Crippen LogP contribution in [-0.2, 0) is 0 Å². The highest BCUT2D eigenvalue weighted by atomic mass is 35.5. The van der Waals surface area contributed by atoms with Gasteiger partial charge in [-0.2, -0.15) is 0 Å². The largest absolute Gasteiger partial charge is 0.329 e. The Balaban J connectivity index is 0.00000180. The predicted molar refractivity (Wildman–Crippen MR) is 78.6 cm³/mol. The lowest BCUT2D eigenvalue weighted by Gasteiger charge is -2.18. The first-order chi connectivity index (χ1) is 8.58. The monoisotopic (exact) mass is 281 g/mol. The minimum absolute atomic E-state index is 0. The predicted octanol–water partition coefficient (Wildman–Crippen LogP) is 3.43. The lowest BCUT2D eigenvalue weighted by Crippen LogP contribution is -2.12. The van der Waals surface area contributed by atoms with Gasteiger partial charge in [0.2, 0.25) is 0 Å². The van der Waals surface area contributed by atoms with Gasteiger partial charge < -0.3 is 10.6 Å². The molecule has 0 unspecified atom stereocenters. The van der Waals surface area contributed by atoms with E-state index in [0.717, 1.165) is 17.1 Å². The summed E-state index contributed by atoms with van der Waals surface area (Å²) in [6.45, 7) is 1.92. The zero-order valence-electron chi connectivity index (χ0n) is 10.9. The van der Waals surface area contributed by atoms with Crippen molar-refractivity contribution < 1.29 is 4.39 Å². The number of rotatable bonds is 3. The Morgan fingerprint density at radius 2 is 1.79 bits per heavy atom. The minimum Gasteiger partial charge on any atom is -0.329 e. The van der Waals surface area contributed by atoms with E-state index in [1.807, 2.05) is 31.0 Å². The summed E-state index contributed by atoms with van der Waals surface area (Å²) in [5, 5.41) is 0. The van der Waals surface area contributed by atoms with E-state index in [0.29, 0.717) is 0 Å². The highest BCUT2D eigenvalue weighted by Crippen LogP contribution is 2.22. The Morgan fingerprint density at radius 3 is 2.26 bits per heavy atom. The highest BCUT2D eigenvalue weighted by molar-refractivity contribution is 5.85. The van der Waals surface area contributed by atoms with Crippen LogP contribution in [0.25, 0.3) is 0 Å². The maximum absolute atomic E-state index is 12.8. The summed E-state index contributed by atoms with van der Waals surface area (Å²) in [5.41, 5.74) is 7.65. The van der Waals surface area contributed by atoms with Crippen LogP contribution in [0.1, 0.15) is 18.5 Å². The van der Waals surface area contributed by atoms with E-state index >= 15 is 0 Å². The molecule has 1 aromatic heterocycles. The van der Waals surface area contributed by atoms with Crippen molar-refractivity contribution in [3.05, 3.63) is 54.0 Å². The van der Waals surface area contributed by atoms with Crippen molar-refractivity contribution in [1.29, 1.82) is 0 Å². The molecule has 2 aromatic rings. The number of hydrogen-bond donors (Lipinski definition) is 1. The fourth-order valence-corrected chi connectivity index (χ4v) is 1.66. The molecule has 0 bridgehead atoms. The Bertz CT molecular complexity index is 511. The van der Waals surface area contributed by atoms with Gasteiger partial charge in [-0.3, -0.25) is 0 Å². The number of hydrogen-bond acceptors (Lipinski definition) is 3. The third-order valence-corrected chi connectivity index (χ3v) is 2.85. The average molecular weight is 282 g/mol. The van der Waals surface area contributed by atoms with Crippen molar-refractivity contribution in [2.45, 2.75) is 13.0 Å². The van der Waals surface area contributed by atoms with Crippen LogP contribution in [0.4, 0.5) is 15.9 Å². The third-order valence-electron chi connectivity index (χ3n) is 2.85. The summed E-state index contributed by atoms with van der Waals surface area (Å²) in [7, 11) is 1.89. The van der Waals surface area contributed by atoms with Gasteiger partial charge >= 0.3 is 0 Å². The van der Waals surface area contributed by atoms with Crippen LogP contribution in [0.2, 0.25) is 0 Å². The quantitative estimate of drug-likeness (QED) is 0.937. The Morgan fingerprint density at radius 1 is 1.16 bits per heavy atom. The molecule has 19 heavy (non-hydrogen) atoms. The van der Waals surface area contributed by atoms with Gasteiger partial charge in [-0.1, -0.05) is 6.07 Å². The third kappa shape index (κ3) is 3.66. The van der Waals surface area contributed by atoms with Crippen molar-refractivity contribution in [2.75, 3.05) is 11.9 Å². The summed E-state index contributed by atoms with van der Waals surface area (Å²) < 4.78 is 12.8. The van der Waals surface area contributed by atoms with E-state index in [2.05, 4.69) is 4.98 Å². The molecular weight excluding hydrogens is 265 g/mol. The lowest BCUT2D eigenvalue weighted by atomic mass is 10.1. The number of nitrogens with zero attached hydrogens (tertiary/aromatic N) is 2. The average Bonchev–Trinajstić information content (AvgIpc) is 2.39. The fraction of sp³-hybridized carbons (Fsp3) is 0.214. The van der Waals surface area contributed by atoms with Crippen LogP contribution < -0.4 is 10.6 Å². The number of pyridine rings is 1. The maximum atomic E-state index is 12.8. The van der Waals surface area contributed by atoms with Crippen LogP contribution in [-0.4, -0.2) is 12.0 Å². The summed E-state index contributed by atoms with van der Waals surface area (Å²) in [4.78, 5) is 6.24. The van der Waals surface area contributed by atoms with Gasteiger partial charge in [0, 0.05) is 25.0 Å². The fourth-order valence-electron chi connectivity index (χ4n) is 1.66. The molecule has 102 valence electrons. The minimum atomic E-state index is -0.243. The van der Waals surface area contributed by atoms with Crippen molar-refractivity contribution in [1.82, 2.24) is 4.98 Å². The molecule has 5 heteroatoms. The molecule has 0 fully saturated rings. The van der Waals surface area contributed by atoms with Gasteiger partial charge in [-0.25, -0.2) is 9.37 Å². The maximum Gasteiger partial charge on any atom is 0.132 e. The molecule has 0 aliphatic heterocycles. The van der Waals surface area contributed by atoms with Crippen molar-refractivity contribution in [3.63, 3.8) is 0 Å². The summed E-state index contributed by atoms with van der Waals surface area (Å²) in [6, 6.07) is 10.1. The number of nitrogens with two attached hydrogens (primary N) is 1. The summed E-state index contributed by atoms with van der Waals surface area (Å²) in [5.74, 6) is 0.554. The van der Waals surface area contributed by atoms with Crippen molar-refractivity contribution in [3.8, 4) is 0 Å². The van der Waals surface area contributed by atoms with E-state index in [4.69, 9.17) is 5.73 Å². The van der Waals surface area contributed by atoms with Crippen LogP contribution in [0.3, 0.4) is 0 Å². The second kappa shape index (κ2) is 6.50. The van der Waals surface area contributed by atoms with Crippen molar-refractivity contribution >= 4 is 23.9 Å². The van der Waals surface area contributed by atoms with Crippen molar-refractivity contribution in [2.24, 2.45) is 5.73 Å².